The van der Waals surface area contributed by atoms with Crippen molar-refractivity contribution in [2.75, 3.05) is 11.8 Å². The number of allylic oxidation sites excluding steroid dienone is 1. The van der Waals surface area contributed by atoms with E-state index in [-0.39, 0.29) is 5.92 Å². The van der Waals surface area contributed by atoms with Crippen LogP contribution in [0.1, 0.15) is 0 Å². The molecule has 0 spiro atoms. The molecule has 0 atom stereocenters. The van der Waals surface area contributed by atoms with E-state index in [1.54, 1.807) is 6.08 Å². The van der Waals surface area contributed by atoms with Gasteiger partial charge >= 0.3 is 0 Å². The average molecular weight is 139 g/mol. The fraction of sp³-hybridized carbons (Fsp3) is 0.600. The predicted octanol–water partition coefficient (Wildman–Crippen LogP) is 2.27. The Hall–Kier alpha value is 0.320. The molecule has 0 nitrogen and oxygen atoms in total. The number of halogens is 2. The molecule has 0 N–H and O–H groups in total. The number of rotatable bonds is 3. The van der Waals surface area contributed by atoms with Gasteiger partial charge < -0.3 is 0 Å². The van der Waals surface area contributed by atoms with Crippen molar-refractivity contribution < 1.29 is 0 Å². The summed E-state index contributed by atoms with van der Waals surface area (Å²) in [6.07, 6.45) is 1.76. The van der Waals surface area contributed by atoms with Crippen LogP contribution < -0.4 is 0 Å². The predicted molar refractivity (Wildman–Crippen MR) is 35.1 cm³/mol. The van der Waals surface area contributed by atoms with Gasteiger partial charge in [-0.1, -0.05) is 6.08 Å². The maximum Gasteiger partial charge on any atom is 0.0297 e. The molecule has 7 heavy (non-hydrogen) atoms. The summed E-state index contributed by atoms with van der Waals surface area (Å²) in [6, 6.07) is 0. The first-order valence-corrected chi connectivity index (χ1v) is 3.16. The molecule has 0 aromatic carbocycles. The van der Waals surface area contributed by atoms with Crippen LogP contribution in [0.2, 0.25) is 0 Å². The van der Waals surface area contributed by atoms with Crippen LogP contribution in [-0.4, -0.2) is 11.8 Å². The zero-order chi connectivity index (χ0) is 5.70. The lowest BCUT2D eigenvalue weighted by Gasteiger charge is -1.98. The van der Waals surface area contributed by atoms with Crippen molar-refractivity contribution in [2.45, 2.75) is 0 Å². The molecule has 2 heteroatoms. The summed E-state index contributed by atoms with van der Waals surface area (Å²) in [5, 5.41) is 0. The van der Waals surface area contributed by atoms with Gasteiger partial charge in [-0.2, -0.15) is 0 Å². The smallest absolute Gasteiger partial charge is 0.0297 e. The zero-order valence-electron chi connectivity index (χ0n) is 4.03. The van der Waals surface area contributed by atoms with Crippen molar-refractivity contribution in [3.05, 3.63) is 12.7 Å². The van der Waals surface area contributed by atoms with Crippen LogP contribution in [0.15, 0.2) is 12.7 Å². The van der Waals surface area contributed by atoms with Crippen molar-refractivity contribution in [3.63, 3.8) is 0 Å². The quantitative estimate of drug-likeness (QED) is 0.415. The summed E-state index contributed by atoms with van der Waals surface area (Å²) in [5.74, 6) is 1.43. The van der Waals surface area contributed by atoms with Crippen LogP contribution in [0, 0.1) is 5.92 Å². The van der Waals surface area contributed by atoms with Crippen LogP contribution in [0.25, 0.3) is 0 Å². The normalized spacial score (nSPS) is 9.57. The Balaban J connectivity index is 3.16. The molecule has 0 heterocycles. The van der Waals surface area contributed by atoms with Crippen LogP contribution >= 0.6 is 23.2 Å². The minimum absolute atomic E-state index is 0.281. The van der Waals surface area contributed by atoms with E-state index in [1.807, 2.05) is 0 Å². The summed E-state index contributed by atoms with van der Waals surface area (Å²) < 4.78 is 0. The second-order valence-electron chi connectivity index (χ2n) is 1.30. The molecular weight excluding hydrogens is 131 g/mol. The van der Waals surface area contributed by atoms with Gasteiger partial charge in [-0.15, -0.1) is 29.8 Å². The van der Waals surface area contributed by atoms with Gasteiger partial charge in [-0.05, 0) is 0 Å². The second kappa shape index (κ2) is 4.48. The molecule has 42 valence electrons. The minimum atomic E-state index is 0.281. The van der Waals surface area contributed by atoms with Crippen molar-refractivity contribution >= 4 is 23.2 Å². The van der Waals surface area contributed by atoms with E-state index < -0.39 is 0 Å². The molecule has 0 aliphatic heterocycles. The van der Waals surface area contributed by atoms with Crippen molar-refractivity contribution in [3.8, 4) is 0 Å². The average Bonchev–Trinajstić information content (AvgIpc) is 1.72. The third-order valence-electron chi connectivity index (χ3n) is 0.730. The highest BCUT2D eigenvalue weighted by Crippen LogP contribution is 2.01. The first kappa shape index (κ1) is 7.32. The SMILES string of the molecule is C=CC(CCl)CCl. The Kier molecular flexibility index (Phi) is 4.68. The van der Waals surface area contributed by atoms with Crippen molar-refractivity contribution in [1.82, 2.24) is 0 Å². The van der Waals surface area contributed by atoms with Gasteiger partial charge in [-0.3, -0.25) is 0 Å². The molecule has 0 aliphatic carbocycles. The fourth-order valence-electron chi connectivity index (χ4n) is 0.167. The van der Waals surface area contributed by atoms with E-state index in [1.165, 1.54) is 0 Å². The number of hydrogen-bond acceptors (Lipinski definition) is 0. The van der Waals surface area contributed by atoms with Crippen LogP contribution in [0.4, 0.5) is 0 Å². The van der Waals surface area contributed by atoms with Crippen LogP contribution in [0.3, 0.4) is 0 Å². The lowest BCUT2D eigenvalue weighted by atomic mass is 10.2. The maximum atomic E-state index is 5.41. The summed E-state index contributed by atoms with van der Waals surface area (Å²) in [4.78, 5) is 0. The van der Waals surface area contributed by atoms with Crippen molar-refractivity contribution in [1.29, 1.82) is 0 Å². The molecule has 0 unspecified atom stereocenters. The van der Waals surface area contributed by atoms with E-state index in [0.29, 0.717) is 11.8 Å². The first-order valence-electron chi connectivity index (χ1n) is 2.09. The molecule has 0 saturated heterocycles. The van der Waals surface area contributed by atoms with Crippen LogP contribution in [0.5, 0.6) is 0 Å². The largest absolute Gasteiger partial charge is 0.126 e. The number of hydrogen-bond donors (Lipinski definition) is 0. The summed E-state index contributed by atoms with van der Waals surface area (Å²) in [6.45, 7) is 3.53. The standard InChI is InChI=1S/C5H8Cl2/c1-2-5(3-6)4-7/h2,5H,1,3-4H2. The highest BCUT2D eigenvalue weighted by atomic mass is 35.5. The van der Waals surface area contributed by atoms with Gasteiger partial charge in [0, 0.05) is 17.7 Å². The minimum Gasteiger partial charge on any atom is -0.126 e. The first-order chi connectivity index (χ1) is 3.35. The summed E-state index contributed by atoms with van der Waals surface area (Å²) >= 11 is 10.8. The molecule has 0 aromatic heterocycles. The Bertz CT molecular complexity index is 48.0. The lowest BCUT2D eigenvalue weighted by molar-refractivity contribution is 0.853. The van der Waals surface area contributed by atoms with Gasteiger partial charge in [-0.25, -0.2) is 0 Å². The molecule has 0 aliphatic rings. The van der Waals surface area contributed by atoms with Gasteiger partial charge in [0.15, 0.2) is 0 Å². The molecule has 0 saturated carbocycles. The van der Waals surface area contributed by atoms with Gasteiger partial charge in [0.1, 0.15) is 0 Å². The van der Waals surface area contributed by atoms with Crippen molar-refractivity contribution in [2.24, 2.45) is 5.92 Å². The molecule has 0 rings (SSSR count). The molecule has 0 amide bonds. The third kappa shape index (κ3) is 2.95. The topological polar surface area (TPSA) is 0 Å². The molecule has 0 bridgehead atoms. The zero-order valence-corrected chi connectivity index (χ0v) is 5.54. The van der Waals surface area contributed by atoms with E-state index in [9.17, 15) is 0 Å². The highest BCUT2D eigenvalue weighted by molar-refractivity contribution is 6.21. The van der Waals surface area contributed by atoms with E-state index in [0.717, 1.165) is 0 Å². The Morgan fingerprint density at radius 1 is 1.43 bits per heavy atom. The lowest BCUT2D eigenvalue weighted by Crippen LogP contribution is -1.97. The monoisotopic (exact) mass is 138 g/mol. The van der Waals surface area contributed by atoms with Gasteiger partial charge in [0.2, 0.25) is 0 Å². The Morgan fingerprint density at radius 3 is 1.86 bits per heavy atom. The van der Waals surface area contributed by atoms with E-state index in [2.05, 4.69) is 6.58 Å². The van der Waals surface area contributed by atoms with Gasteiger partial charge in [0.05, 0.1) is 0 Å². The van der Waals surface area contributed by atoms with E-state index >= 15 is 0 Å². The highest BCUT2D eigenvalue weighted by Gasteiger charge is 1.95. The summed E-state index contributed by atoms with van der Waals surface area (Å²) in [7, 11) is 0. The molecular formula is C5H8Cl2. The molecule has 0 fully saturated rings. The van der Waals surface area contributed by atoms with E-state index in [4.69, 9.17) is 23.2 Å². The molecule has 0 aromatic rings. The number of alkyl halides is 2. The second-order valence-corrected chi connectivity index (χ2v) is 1.92. The maximum absolute atomic E-state index is 5.41. The Morgan fingerprint density at radius 2 is 1.86 bits per heavy atom. The Labute approximate surface area is 54.1 Å². The van der Waals surface area contributed by atoms with Crippen LogP contribution in [-0.2, 0) is 0 Å². The van der Waals surface area contributed by atoms with Gasteiger partial charge in [0.25, 0.3) is 0 Å². The summed E-state index contributed by atoms with van der Waals surface area (Å²) in [5.41, 5.74) is 0. The third-order valence-corrected chi connectivity index (χ3v) is 1.52. The molecule has 0 radical (unpaired) electrons. The fourth-order valence-corrected chi connectivity index (χ4v) is 0.749.